The summed E-state index contributed by atoms with van der Waals surface area (Å²) in [6.07, 6.45) is -3.27. The third kappa shape index (κ3) is 3.90. The molecular formula is C20H16F4N2O2. The third-order valence-electron chi connectivity index (χ3n) is 4.36. The SMILES string of the molecule is CCn1cc(C(=O)NCc2ccc(F)cc2)c(=O)c2cc(C(F)(F)F)ccc21. The number of fused-ring (bicyclic) bond motifs is 1. The maximum atomic E-state index is 13.0. The molecule has 0 unspecified atom stereocenters. The Labute approximate surface area is 157 Å². The summed E-state index contributed by atoms with van der Waals surface area (Å²) in [6.45, 7) is 2.16. The molecule has 3 aromatic rings. The first-order chi connectivity index (χ1) is 13.2. The molecule has 1 amide bonds. The minimum Gasteiger partial charge on any atom is -0.348 e. The van der Waals surface area contributed by atoms with Crippen molar-refractivity contribution in [3.8, 4) is 0 Å². The van der Waals surface area contributed by atoms with E-state index < -0.39 is 28.9 Å². The zero-order chi connectivity index (χ0) is 20.5. The van der Waals surface area contributed by atoms with Crippen molar-refractivity contribution in [2.45, 2.75) is 26.2 Å². The van der Waals surface area contributed by atoms with Gasteiger partial charge in [-0.05, 0) is 42.8 Å². The van der Waals surface area contributed by atoms with Crippen LogP contribution in [0.3, 0.4) is 0 Å². The average molecular weight is 392 g/mol. The van der Waals surface area contributed by atoms with Gasteiger partial charge in [0.15, 0.2) is 0 Å². The van der Waals surface area contributed by atoms with Crippen LogP contribution in [0, 0.1) is 5.82 Å². The van der Waals surface area contributed by atoms with Gasteiger partial charge < -0.3 is 9.88 Å². The Morgan fingerprint density at radius 2 is 1.79 bits per heavy atom. The van der Waals surface area contributed by atoms with Gasteiger partial charge in [-0.3, -0.25) is 9.59 Å². The Bertz CT molecular complexity index is 1090. The Morgan fingerprint density at radius 3 is 2.39 bits per heavy atom. The minimum absolute atomic E-state index is 0.0469. The Hall–Kier alpha value is -3.16. The molecule has 0 radical (unpaired) electrons. The van der Waals surface area contributed by atoms with E-state index >= 15 is 0 Å². The number of aromatic nitrogens is 1. The fraction of sp³-hybridized carbons (Fsp3) is 0.200. The van der Waals surface area contributed by atoms with Crippen molar-refractivity contribution in [2.75, 3.05) is 0 Å². The second-order valence-corrected chi connectivity index (χ2v) is 6.20. The van der Waals surface area contributed by atoms with Gasteiger partial charge in [0.1, 0.15) is 11.4 Å². The number of carbonyl (C=O) groups is 1. The smallest absolute Gasteiger partial charge is 0.348 e. The lowest BCUT2D eigenvalue weighted by Crippen LogP contribution is -2.29. The number of alkyl halides is 3. The first kappa shape index (κ1) is 19.6. The summed E-state index contributed by atoms with van der Waals surface area (Å²) in [6, 6.07) is 8.33. The summed E-state index contributed by atoms with van der Waals surface area (Å²) in [5.74, 6) is -1.13. The second kappa shape index (κ2) is 7.46. The number of pyridine rings is 1. The zero-order valence-corrected chi connectivity index (χ0v) is 14.8. The number of hydrogen-bond donors (Lipinski definition) is 1. The molecule has 1 heterocycles. The highest BCUT2D eigenvalue weighted by atomic mass is 19.4. The van der Waals surface area contributed by atoms with E-state index in [1.54, 1.807) is 11.5 Å². The van der Waals surface area contributed by atoms with Crippen molar-refractivity contribution in [3.63, 3.8) is 0 Å². The maximum absolute atomic E-state index is 13.0. The van der Waals surface area contributed by atoms with Crippen LogP contribution in [0.1, 0.15) is 28.4 Å². The Morgan fingerprint density at radius 1 is 1.11 bits per heavy atom. The van der Waals surface area contributed by atoms with Crippen molar-refractivity contribution in [1.82, 2.24) is 9.88 Å². The second-order valence-electron chi connectivity index (χ2n) is 6.20. The lowest BCUT2D eigenvalue weighted by atomic mass is 10.1. The number of halogens is 4. The molecule has 2 aromatic carbocycles. The molecular weight excluding hydrogens is 376 g/mol. The molecule has 0 saturated carbocycles. The molecule has 0 aliphatic rings. The summed E-state index contributed by atoms with van der Waals surface area (Å²) < 4.78 is 53.5. The monoisotopic (exact) mass is 392 g/mol. The maximum Gasteiger partial charge on any atom is 0.416 e. The van der Waals surface area contributed by atoms with Crippen LogP contribution in [0.5, 0.6) is 0 Å². The van der Waals surface area contributed by atoms with Gasteiger partial charge in [-0.1, -0.05) is 12.1 Å². The van der Waals surface area contributed by atoms with Crippen LogP contribution in [-0.2, 0) is 19.3 Å². The molecule has 146 valence electrons. The van der Waals surface area contributed by atoms with Crippen LogP contribution in [-0.4, -0.2) is 10.5 Å². The third-order valence-corrected chi connectivity index (χ3v) is 4.36. The number of nitrogens with zero attached hydrogens (tertiary/aromatic N) is 1. The molecule has 0 saturated heterocycles. The number of benzene rings is 2. The highest BCUT2D eigenvalue weighted by Crippen LogP contribution is 2.30. The Kier molecular flexibility index (Phi) is 5.22. The molecule has 1 aromatic heterocycles. The molecule has 0 atom stereocenters. The summed E-state index contributed by atoms with van der Waals surface area (Å²) in [7, 11) is 0. The zero-order valence-electron chi connectivity index (χ0n) is 14.8. The highest BCUT2D eigenvalue weighted by Gasteiger charge is 2.31. The van der Waals surface area contributed by atoms with E-state index in [9.17, 15) is 27.2 Å². The molecule has 28 heavy (non-hydrogen) atoms. The normalized spacial score (nSPS) is 11.6. The van der Waals surface area contributed by atoms with Crippen molar-refractivity contribution in [3.05, 3.63) is 81.4 Å². The number of hydrogen-bond acceptors (Lipinski definition) is 2. The van der Waals surface area contributed by atoms with E-state index in [-0.39, 0.29) is 17.5 Å². The summed E-state index contributed by atoms with van der Waals surface area (Å²) in [4.78, 5) is 25.2. The average Bonchev–Trinajstić information content (AvgIpc) is 2.66. The minimum atomic E-state index is -4.60. The predicted molar refractivity (Wildman–Crippen MR) is 96.5 cm³/mol. The number of rotatable bonds is 4. The molecule has 0 aliphatic heterocycles. The van der Waals surface area contributed by atoms with Gasteiger partial charge in [-0.2, -0.15) is 13.2 Å². The lowest BCUT2D eigenvalue weighted by molar-refractivity contribution is -0.137. The molecule has 3 rings (SSSR count). The molecule has 0 bridgehead atoms. The molecule has 8 heteroatoms. The van der Waals surface area contributed by atoms with Gasteiger partial charge in [0.25, 0.3) is 5.91 Å². The number of aryl methyl sites for hydroxylation is 1. The van der Waals surface area contributed by atoms with E-state index in [1.165, 1.54) is 36.5 Å². The van der Waals surface area contributed by atoms with Crippen LogP contribution in [0.2, 0.25) is 0 Å². The van der Waals surface area contributed by atoms with E-state index in [0.717, 1.165) is 12.1 Å². The summed E-state index contributed by atoms with van der Waals surface area (Å²) in [5, 5.41) is 2.36. The van der Waals surface area contributed by atoms with E-state index in [1.807, 2.05) is 0 Å². The van der Waals surface area contributed by atoms with Gasteiger partial charge in [0, 0.05) is 24.7 Å². The van der Waals surface area contributed by atoms with Crippen molar-refractivity contribution >= 4 is 16.8 Å². The van der Waals surface area contributed by atoms with Crippen molar-refractivity contribution in [2.24, 2.45) is 0 Å². The number of amides is 1. The number of nitrogens with one attached hydrogen (secondary N) is 1. The van der Waals surface area contributed by atoms with Crippen LogP contribution >= 0.6 is 0 Å². The molecule has 4 nitrogen and oxygen atoms in total. The van der Waals surface area contributed by atoms with Gasteiger partial charge in [-0.15, -0.1) is 0 Å². The van der Waals surface area contributed by atoms with E-state index in [4.69, 9.17) is 0 Å². The van der Waals surface area contributed by atoms with Crippen LogP contribution < -0.4 is 10.7 Å². The fourth-order valence-corrected chi connectivity index (χ4v) is 2.88. The summed E-state index contributed by atoms with van der Waals surface area (Å²) in [5.41, 5.74) is -1.05. The molecule has 0 spiro atoms. The largest absolute Gasteiger partial charge is 0.416 e. The fourth-order valence-electron chi connectivity index (χ4n) is 2.88. The predicted octanol–water partition coefficient (Wildman–Crippen LogP) is 4.11. The standard InChI is InChI=1S/C20H16F4N2O2/c1-2-26-11-16(19(28)25-10-12-3-6-14(21)7-4-12)18(27)15-9-13(20(22,23)24)5-8-17(15)26/h3-9,11H,2,10H2,1H3,(H,25,28). The quantitative estimate of drug-likeness (QED) is 0.680. The first-order valence-electron chi connectivity index (χ1n) is 8.47. The summed E-state index contributed by atoms with van der Waals surface area (Å²) >= 11 is 0. The van der Waals surface area contributed by atoms with Crippen molar-refractivity contribution < 1.29 is 22.4 Å². The first-order valence-corrected chi connectivity index (χ1v) is 8.47. The number of carbonyl (C=O) groups excluding carboxylic acids is 1. The van der Waals surface area contributed by atoms with Crippen molar-refractivity contribution in [1.29, 1.82) is 0 Å². The molecule has 1 N–H and O–H groups in total. The molecule has 0 aliphatic carbocycles. The van der Waals surface area contributed by atoms with Gasteiger partial charge in [0.2, 0.25) is 5.43 Å². The highest BCUT2D eigenvalue weighted by molar-refractivity contribution is 5.97. The van der Waals surface area contributed by atoms with Crippen LogP contribution in [0.4, 0.5) is 17.6 Å². The Balaban J connectivity index is 1.99. The topological polar surface area (TPSA) is 51.1 Å². The van der Waals surface area contributed by atoms with Crippen LogP contribution in [0.25, 0.3) is 10.9 Å². The van der Waals surface area contributed by atoms with Gasteiger partial charge in [0.05, 0.1) is 11.1 Å². The van der Waals surface area contributed by atoms with Gasteiger partial charge in [-0.25, -0.2) is 4.39 Å². The van der Waals surface area contributed by atoms with E-state index in [0.29, 0.717) is 17.6 Å². The van der Waals surface area contributed by atoms with Gasteiger partial charge >= 0.3 is 6.18 Å². The molecule has 0 fully saturated rings. The van der Waals surface area contributed by atoms with E-state index in [2.05, 4.69) is 5.32 Å². The van der Waals surface area contributed by atoms with Crippen LogP contribution in [0.15, 0.2) is 53.5 Å². The lowest BCUT2D eigenvalue weighted by Gasteiger charge is -2.14.